The van der Waals surface area contributed by atoms with Gasteiger partial charge in [0.15, 0.2) is 0 Å². The van der Waals surface area contributed by atoms with Crippen LogP contribution in [-0.2, 0) is 4.79 Å². The average Bonchev–Trinajstić information content (AvgIpc) is 3.09. The molecule has 0 spiro atoms. The van der Waals surface area contributed by atoms with E-state index in [2.05, 4.69) is 11.9 Å². The molecule has 0 fully saturated rings. The molecule has 138 valence electrons. The highest BCUT2D eigenvalue weighted by Crippen LogP contribution is 2.18. The highest BCUT2D eigenvalue weighted by molar-refractivity contribution is 5.71. The smallest absolute Gasteiger partial charge is 0.326 e. The largest absolute Gasteiger partial charge is 0.480 e. The van der Waals surface area contributed by atoms with E-state index in [1.165, 1.54) is 70.6 Å². The summed E-state index contributed by atoms with van der Waals surface area (Å²) in [5.41, 5.74) is 0. The fourth-order valence-electron chi connectivity index (χ4n) is 3.21. The topological polar surface area (TPSA) is 55.1 Å². The molecule has 4 heteroatoms. The fraction of sp³-hybridized carbons (Fsp3) is 0.800. The molecule has 1 aromatic rings. The van der Waals surface area contributed by atoms with Gasteiger partial charge in [-0.05, 0) is 6.42 Å². The van der Waals surface area contributed by atoms with Crippen LogP contribution in [-0.4, -0.2) is 20.6 Å². The van der Waals surface area contributed by atoms with E-state index in [1.807, 2.05) is 0 Å². The summed E-state index contributed by atoms with van der Waals surface area (Å²) in [5.74, 6) is -0.757. The van der Waals surface area contributed by atoms with Gasteiger partial charge in [0.05, 0.1) is 6.33 Å². The van der Waals surface area contributed by atoms with Gasteiger partial charge in [-0.15, -0.1) is 0 Å². The lowest BCUT2D eigenvalue weighted by Crippen LogP contribution is -2.17. The highest BCUT2D eigenvalue weighted by atomic mass is 16.4. The minimum Gasteiger partial charge on any atom is -0.480 e. The molecule has 1 atom stereocenters. The van der Waals surface area contributed by atoms with Gasteiger partial charge >= 0.3 is 5.97 Å². The number of carboxylic acid groups (broad SMARTS) is 1. The third kappa shape index (κ3) is 9.74. The summed E-state index contributed by atoms with van der Waals surface area (Å²) in [6, 6.07) is -0.458. The van der Waals surface area contributed by atoms with Gasteiger partial charge in [-0.25, -0.2) is 9.78 Å². The van der Waals surface area contributed by atoms with Crippen molar-refractivity contribution in [2.75, 3.05) is 0 Å². The molecule has 24 heavy (non-hydrogen) atoms. The molecule has 0 aromatic carbocycles. The zero-order valence-electron chi connectivity index (χ0n) is 15.5. The Kier molecular flexibility index (Phi) is 12.1. The van der Waals surface area contributed by atoms with Gasteiger partial charge in [0.2, 0.25) is 0 Å². The zero-order valence-corrected chi connectivity index (χ0v) is 15.5. The number of carboxylic acids is 1. The molecule has 0 aliphatic carbocycles. The molecule has 0 radical (unpaired) electrons. The van der Waals surface area contributed by atoms with Gasteiger partial charge in [0.1, 0.15) is 6.04 Å². The molecular formula is C20H36N2O2. The van der Waals surface area contributed by atoms with Crippen LogP contribution in [0.5, 0.6) is 0 Å². The monoisotopic (exact) mass is 336 g/mol. The number of hydrogen-bond acceptors (Lipinski definition) is 2. The van der Waals surface area contributed by atoms with E-state index in [0.29, 0.717) is 6.42 Å². The van der Waals surface area contributed by atoms with Gasteiger partial charge in [-0.2, -0.15) is 0 Å². The van der Waals surface area contributed by atoms with Crippen LogP contribution in [0.15, 0.2) is 18.7 Å². The van der Waals surface area contributed by atoms with Crippen molar-refractivity contribution >= 4 is 5.97 Å². The molecule has 1 N–H and O–H groups in total. The second-order valence-electron chi connectivity index (χ2n) is 6.90. The Bertz CT molecular complexity index is 404. The minimum absolute atomic E-state index is 0.458. The Morgan fingerprint density at radius 3 is 1.83 bits per heavy atom. The third-order valence-electron chi connectivity index (χ3n) is 4.75. The van der Waals surface area contributed by atoms with Crippen LogP contribution in [0.2, 0.25) is 0 Å². The molecule has 0 bridgehead atoms. The Labute approximate surface area is 147 Å². The molecule has 0 amide bonds. The number of aliphatic carboxylic acids is 1. The standard InChI is InChI=1S/C20H36N2O2/c1-2-3-4-5-6-7-8-9-10-11-12-13-14-15-19(20(23)24)22-17-16-21-18-22/h16-19H,2-15H2,1H3,(H,23,24). The molecule has 1 heterocycles. The molecule has 4 nitrogen and oxygen atoms in total. The van der Waals surface area contributed by atoms with Gasteiger partial charge in [0.25, 0.3) is 0 Å². The van der Waals surface area contributed by atoms with Crippen molar-refractivity contribution in [2.45, 2.75) is 103 Å². The number of imidazole rings is 1. The molecule has 1 aromatic heterocycles. The number of unbranched alkanes of at least 4 members (excludes halogenated alkanes) is 12. The van der Waals surface area contributed by atoms with Crippen LogP contribution in [0.4, 0.5) is 0 Å². The average molecular weight is 337 g/mol. The summed E-state index contributed by atoms with van der Waals surface area (Å²) in [7, 11) is 0. The predicted molar refractivity (Wildman–Crippen MR) is 99.2 cm³/mol. The maximum Gasteiger partial charge on any atom is 0.326 e. The van der Waals surface area contributed by atoms with Crippen LogP contribution < -0.4 is 0 Å². The van der Waals surface area contributed by atoms with Crippen molar-refractivity contribution in [1.82, 2.24) is 9.55 Å². The van der Waals surface area contributed by atoms with Crippen molar-refractivity contribution in [2.24, 2.45) is 0 Å². The maximum absolute atomic E-state index is 11.3. The van der Waals surface area contributed by atoms with Crippen molar-refractivity contribution in [3.05, 3.63) is 18.7 Å². The summed E-state index contributed by atoms with van der Waals surface area (Å²) in [6.45, 7) is 2.26. The van der Waals surface area contributed by atoms with Crippen LogP contribution in [0, 0.1) is 0 Å². The Balaban J connectivity index is 1.90. The van der Waals surface area contributed by atoms with Crippen molar-refractivity contribution in [3.8, 4) is 0 Å². The lowest BCUT2D eigenvalue weighted by molar-refractivity contribution is -0.141. The Morgan fingerprint density at radius 1 is 0.917 bits per heavy atom. The number of aromatic nitrogens is 2. The van der Waals surface area contributed by atoms with E-state index in [0.717, 1.165) is 12.8 Å². The first-order valence-corrected chi connectivity index (χ1v) is 9.96. The number of rotatable bonds is 16. The summed E-state index contributed by atoms with van der Waals surface area (Å²) < 4.78 is 1.70. The van der Waals surface area contributed by atoms with Gasteiger partial charge < -0.3 is 9.67 Å². The molecule has 0 aliphatic rings. The van der Waals surface area contributed by atoms with E-state index in [1.54, 1.807) is 23.3 Å². The SMILES string of the molecule is CCCCCCCCCCCCCCCC(C(=O)O)n1ccnc1. The highest BCUT2D eigenvalue weighted by Gasteiger charge is 2.17. The van der Waals surface area contributed by atoms with Gasteiger partial charge in [-0.3, -0.25) is 0 Å². The Hall–Kier alpha value is -1.32. The molecular weight excluding hydrogens is 300 g/mol. The maximum atomic E-state index is 11.3. The molecule has 1 rings (SSSR count). The first-order valence-electron chi connectivity index (χ1n) is 9.96. The quantitative estimate of drug-likeness (QED) is 0.377. The number of carbonyl (C=O) groups is 1. The van der Waals surface area contributed by atoms with Crippen molar-refractivity contribution in [1.29, 1.82) is 0 Å². The second-order valence-corrected chi connectivity index (χ2v) is 6.90. The van der Waals surface area contributed by atoms with E-state index in [-0.39, 0.29) is 0 Å². The second kappa shape index (κ2) is 14.1. The summed E-state index contributed by atoms with van der Waals surface area (Å²) >= 11 is 0. The van der Waals surface area contributed by atoms with E-state index in [4.69, 9.17) is 0 Å². The molecule has 0 aliphatic heterocycles. The fourth-order valence-corrected chi connectivity index (χ4v) is 3.21. The van der Waals surface area contributed by atoms with E-state index >= 15 is 0 Å². The Morgan fingerprint density at radius 2 is 1.42 bits per heavy atom. The lowest BCUT2D eigenvalue weighted by atomic mass is 10.0. The first kappa shape index (κ1) is 20.7. The van der Waals surface area contributed by atoms with Crippen molar-refractivity contribution in [3.63, 3.8) is 0 Å². The molecule has 0 saturated carbocycles. The normalized spacial score (nSPS) is 12.4. The van der Waals surface area contributed by atoms with E-state index in [9.17, 15) is 9.90 Å². The minimum atomic E-state index is -0.757. The van der Waals surface area contributed by atoms with E-state index < -0.39 is 12.0 Å². The van der Waals surface area contributed by atoms with Crippen LogP contribution in [0.25, 0.3) is 0 Å². The lowest BCUT2D eigenvalue weighted by Gasteiger charge is -2.13. The number of nitrogens with zero attached hydrogens (tertiary/aromatic N) is 2. The van der Waals surface area contributed by atoms with Crippen LogP contribution in [0.1, 0.15) is 103 Å². The first-order chi connectivity index (χ1) is 11.8. The van der Waals surface area contributed by atoms with Crippen LogP contribution in [0.3, 0.4) is 0 Å². The molecule has 1 unspecified atom stereocenters. The predicted octanol–water partition coefficient (Wildman–Crippen LogP) is 5.99. The summed E-state index contributed by atoms with van der Waals surface area (Å²) in [5, 5.41) is 9.29. The molecule has 0 saturated heterocycles. The van der Waals surface area contributed by atoms with Gasteiger partial charge in [0, 0.05) is 12.4 Å². The number of hydrogen-bond donors (Lipinski definition) is 1. The van der Waals surface area contributed by atoms with Crippen LogP contribution >= 0.6 is 0 Å². The van der Waals surface area contributed by atoms with Gasteiger partial charge in [-0.1, -0.05) is 90.4 Å². The van der Waals surface area contributed by atoms with Crippen molar-refractivity contribution < 1.29 is 9.90 Å². The summed E-state index contributed by atoms with van der Waals surface area (Å²) in [4.78, 5) is 15.2. The summed E-state index contributed by atoms with van der Waals surface area (Å²) in [6.07, 6.45) is 22.7. The third-order valence-corrected chi connectivity index (χ3v) is 4.75. The zero-order chi connectivity index (χ0) is 17.5.